The number of benzene rings is 2. The number of allylic oxidation sites excluding steroid dienone is 1. The van der Waals surface area contributed by atoms with Crippen molar-refractivity contribution in [3.05, 3.63) is 59.9 Å². The Morgan fingerprint density at radius 3 is 2.76 bits per heavy atom. The van der Waals surface area contributed by atoms with Gasteiger partial charge in [0, 0.05) is 24.3 Å². The second kappa shape index (κ2) is 11.1. The van der Waals surface area contributed by atoms with Gasteiger partial charge in [0.1, 0.15) is 5.01 Å². The third-order valence-electron chi connectivity index (χ3n) is 5.96. The van der Waals surface area contributed by atoms with E-state index in [4.69, 9.17) is 19.6 Å². The lowest BCUT2D eigenvalue weighted by molar-refractivity contribution is -0.148. The van der Waals surface area contributed by atoms with Crippen LogP contribution in [0.4, 0.5) is 5.69 Å². The molecule has 1 aromatic heterocycles. The van der Waals surface area contributed by atoms with Crippen LogP contribution in [0.5, 0.6) is 0 Å². The van der Waals surface area contributed by atoms with Crippen LogP contribution in [0.3, 0.4) is 0 Å². The van der Waals surface area contributed by atoms with Gasteiger partial charge < -0.3 is 19.9 Å². The van der Waals surface area contributed by atoms with Gasteiger partial charge >= 0.3 is 0 Å². The van der Waals surface area contributed by atoms with Gasteiger partial charge in [0.25, 0.3) is 5.91 Å². The Kier molecular flexibility index (Phi) is 7.98. The van der Waals surface area contributed by atoms with E-state index >= 15 is 0 Å². The molecule has 2 heterocycles. The van der Waals surface area contributed by atoms with Crippen LogP contribution in [-0.2, 0) is 14.3 Å². The van der Waals surface area contributed by atoms with Crippen LogP contribution in [0.2, 0.25) is 0 Å². The summed E-state index contributed by atoms with van der Waals surface area (Å²) in [5.41, 5.74) is 3.93. The number of carbonyl (C=O) groups excluding carboxylic acids is 1. The van der Waals surface area contributed by atoms with Gasteiger partial charge in [0.2, 0.25) is 6.29 Å². The van der Waals surface area contributed by atoms with E-state index in [0.29, 0.717) is 36.8 Å². The standard InChI is InChI=1S/C27H32N2O4S/c1-17(2)20-15-23(33-25(16-20)32-13-5-4-12-30)26(31)28-21-9-7-19(8-10-21)27-29-22-11-6-18(3)14-24(22)34-27/h6-11,14-15,17,20,25,30H,4-5,12-13,16H2,1-3H3,(H,28,31). The molecule has 7 heteroatoms. The van der Waals surface area contributed by atoms with E-state index < -0.39 is 6.29 Å². The molecule has 0 saturated heterocycles. The maximum atomic E-state index is 13.0. The number of unbranched alkanes of at least 4 members (excludes halogenated alkanes) is 1. The van der Waals surface area contributed by atoms with Gasteiger partial charge in [-0.25, -0.2) is 4.98 Å². The van der Waals surface area contributed by atoms with Gasteiger partial charge in [-0.15, -0.1) is 11.3 Å². The summed E-state index contributed by atoms with van der Waals surface area (Å²) in [6.45, 7) is 6.99. The smallest absolute Gasteiger partial charge is 0.290 e. The highest BCUT2D eigenvalue weighted by atomic mass is 32.1. The van der Waals surface area contributed by atoms with Crippen LogP contribution in [0, 0.1) is 18.8 Å². The lowest BCUT2D eigenvalue weighted by atomic mass is 9.90. The Morgan fingerprint density at radius 2 is 2.03 bits per heavy atom. The van der Waals surface area contributed by atoms with Gasteiger partial charge in [0.05, 0.1) is 16.8 Å². The zero-order chi connectivity index (χ0) is 24.1. The molecular weight excluding hydrogens is 448 g/mol. The predicted octanol–water partition coefficient (Wildman–Crippen LogP) is 5.90. The second-order valence-corrected chi connectivity index (χ2v) is 10.1. The van der Waals surface area contributed by atoms with E-state index in [1.807, 2.05) is 36.4 Å². The minimum atomic E-state index is -0.457. The summed E-state index contributed by atoms with van der Waals surface area (Å²) in [5, 5.41) is 12.8. The summed E-state index contributed by atoms with van der Waals surface area (Å²) < 4.78 is 12.9. The second-order valence-electron chi connectivity index (χ2n) is 9.05. The third-order valence-corrected chi connectivity index (χ3v) is 7.03. The van der Waals surface area contributed by atoms with Gasteiger partial charge in [-0.05, 0) is 79.6 Å². The molecule has 180 valence electrons. The van der Waals surface area contributed by atoms with E-state index in [1.165, 1.54) is 10.3 Å². The number of fused-ring (bicyclic) bond motifs is 1. The van der Waals surface area contributed by atoms with Crippen LogP contribution in [0.15, 0.2) is 54.3 Å². The number of nitrogens with zero attached hydrogens (tertiary/aromatic N) is 1. The number of anilines is 1. The molecule has 2 unspecified atom stereocenters. The highest BCUT2D eigenvalue weighted by Gasteiger charge is 2.29. The van der Waals surface area contributed by atoms with Crippen LogP contribution in [-0.4, -0.2) is 35.5 Å². The Balaban J connectivity index is 1.42. The summed E-state index contributed by atoms with van der Waals surface area (Å²) in [4.78, 5) is 17.7. The number of carbonyl (C=O) groups is 1. The average Bonchev–Trinajstić information content (AvgIpc) is 3.25. The van der Waals surface area contributed by atoms with E-state index in [1.54, 1.807) is 11.3 Å². The normalized spacial score (nSPS) is 18.1. The predicted molar refractivity (Wildman–Crippen MR) is 137 cm³/mol. The minimum Gasteiger partial charge on any atom is -0.459 e. The highest BCUT2D eigenvalue weighted by Crippen LogP contribution is 2.32. The molecule has 0 bridgehead atoms. The van der Waals surface area contributed by atoms with Crippen molar-refractivity contribution in [3.8, 4) is 10.6 Å². The summed E-state index contributed by atoms with van der Waals surface area (Å²) in [6, 6.07) is 14.0. The van der Waals surface area contributed by atoms with Crippen molar-refractivity contribution >= 4 is 33.1 Å². The molecule has 0 spiro atoms. The quantitative estimate of drug-likeness (QED) is 0.373. The van der Waals surface area contributed by atoms with Gasteiger partial charge in [-0.2, -0.15) is 0 Å². The molecular formula is C27H32N2O4S. The van der Waals surface area contributed by atoms with Crippen molar-refractivity contribution in [1.82, 2.24) is 4.98 Å². The number of aliphatic hydroxyl groups excluding tert-OH is 1. The highest BCUT2D eigenvalue weighted by molar-refractivity contribution is 7.21. The number of aryl methyl sites for hydroxylation is 1. The summed E-state index contributed by atoms with van der Waals surface area (Å²) >= 11 is 1.66. The molecule has 1 aliphatic heterocycles. The first-order chi connectivity index (χ1) is 16.4. The fourth-order valence-electron chi connectivity index (χ4n) is 3.88. The first kappa shape index (κ1) is 24.4. The molecule has 6 nitrogen and oxygen atoms in total. The Bertz CT molecular complexity index is 1150. The zero-order valence-corrected chi connectivity index (χ0v) is 20.7. The Hall–Kier alpha value is -2.74. The van der Waals surface area contributed by atoms with Crippen LogP contribution in [0.1, 0.15) is 38.7 Å². The third kappa shape index (κ3) is 6.03. The molecule has 0 fully saturated rings. The molecule has 4 rings (SSSR count). The van der Waals surface area contributed by atoms with Gasteiger partial charge in [-0.1, -0.05) is 19.9 Å². The fraction of sp³-hybridized carbons (Fsp3) is 0.407. The Morgan fingerprint density at radius 1 is 1.24 bits per heavy atom. The number of hydrogen-bond acceptors (Lipinski definition) is 6. The van der Waals surface area contributed by atoms with E-state index in [0.717, 1.165) is 22.5 Å². The number of ether oxygens (including phenoxy) is 2. The SMILES string of the molecule is Cc1ccc2nc(-c3ccc(NC(=O)C4=CC(C(C)C)CC(OCCCCO)O4)cc3)sc2c1. The molecule has 34 heavy (non-hydrogen) atoms. The van der Waals surface area contributed by atoms with Crippen molar-refractivity contribution in [2.45, 2.75) is 46.3 Å². The number of aliphatic hydroxyl groups is 1. The summed E-state index contributed by atoms with van der Waals surface area (Å²) in [6.07, 6.45) is 3.61. The minimum absolute atomic E-state index is 0.147. The molecule has 2 N–H and O–H groups in total. The molecule has 0 aliphatic carbocycles. The van der Waals surface area contributed by atoms with Crippen LogP contribution >= 0.6 is 11.3 Å². The first-order valence-electron chi connectivity index (χ1n) is 11.8. The van der Waals surface area contributed by atoms with Crippen molar-refractivity contribution < 1.29 is 19.4 Å². The van der Waals surface area contributed by atoms with Crippen LogP contribution < -0.4 is 5.32 Å². The fourth-order valence-corrected chi connectivity index (χ4v) is 4.95. The summed E-state index contributed by atoms with van der Waals surface area (Å²) in [5.74, 6) is 0.578. The maximum absolute atomic E-state index is 13.0. The van der Waals surface area contributed by atoms with Crippen molar-refractivity contribution in [2.75, 3.05) is 18.5 Å². The number of rotatable bonds is 9. The number of amides is 1. The molecule has 0 saturated carbocycles. The van der Waals surface area contributed by atoms with Crippen LogP contribution in [0.25, 0.3) is 20.8 Å². The molecule has 2 aromatic carbocycles. The molecule has 3 aromatic rings. The lowest BCUT2D eigenvalue weighted by Crippen LogP contribution is -2.31. The molecule has 1 amide bonds. The maximum Gasteiger partial charge on any atom is 0.290 e. The van der Waals surface area contributed by atoms with Crippen molar-refractivity contribution in [3.63, 3.8) is 0 Å². The number of nitrogens with one attached hydrogen (secondary N) is 1. The average molecular weight is 481 g/mol. The number of hydrogen-bond donors (Lipinski definition) is 2. The first-order valence-corrected chi connectivity index (χ1v) is 12.6. The Labute approximate surface area is 204 Å². The van der Waals surface area contributed by atoms with Gasteiger partial charge in [-0.3, -0.25) is 4.79 Å². The van der Waals surface area contributed by atoms with E-state index in [2.05, 4.69) is 38.2 Å². The molecule has 0 radical (unpaired) electrons. The monoisotopic (exact) mass is 480 g/mol. The lowest BCUT2D eigenvalue weighted by Gasteiger charge is -2.30. The molecule has 2 atom stereocenters. The number of thiazole rings is 1. The zero-order valence-electron chi connectivity index (χ0n) is 19.9. The van der Waals surface area contributed by atoms with Crippen molar-refractivity contribution in [2.24, 2.45) is 11.8 Å². The molecule has 1 aliphatic rings. The van der Waals surface area contributed by atoms with E-state index in [-0.39, 0.29) is 18.4 Å². The topological polar surface area (TPSA) is 80.7 Å². The summed E-state index contributed by atoms with van der Waals surface area (Å²) in [7, 11) is 0. The van der Waals surface area contributed by atoms with E-state index in [9.17, 15) is 4.79 Å². The van der Waals surface area contributed by atoms with Gasteiger partial charge in [0.15, 0.2) is 5.76 Å². The van der Waals surface area contributed by atoms with Crippen molar-refractivity contribution in [1.29, 1.82) is 0 Å². The number of aromatic nitrogens is 1. The largest absolute Gasteiger partial charge is 0.459 e.